The van der Waals surface area contributed by atoms with Gasteiger partial charge in [-0.2, -0.15) is 0 Å². The lowest BCUT2D eigenvalue weighted by atomic mass is 9.44. The van der Waals surface area contributed by atoms with E-state index in [0.29, 0.717) is 46.5 Å². The number of nitrogens with two attached hydrogens (primary N) is 1. The minimum absolute atomic E-state index is 0.124. The van der Waals surface area contributed by atoms with Crippen LogP contribution in [0.2, 0.25) is 0 Å². The minimum atomic E-state index is -0.168. The van der Waals surface area contributed by atoms with Gasteiger partial charge >= 0.3 is 0 Å². The van der Waals surface area contributed by atoms with Crippen molar-refractivity contribution in [2.24, 2.45) is 52.1 Å². The van der Waals surface area contributed by atoms with Crippen molar-refractivity contribution >= 4 is 0 Å². The smallest absolute Gasteiger partial charge is 0.0577 e. The third-order valence-corrected chi connectivity index (χ3v) is 12.9. The zero-order chi connectivity index (χ0) is 29.5. The van der Waals surface area contributed by atoms with E-state index in [2.05, 4.69) is 43.6 Å². The molecule has 41 heavy (non-hydrogen) atoms. The lowest BCUT2D eigenvalue weighted by Crippen LogP contribution is -2.59. The van der Waals surface area contributed by atoms with Crippen LogP contribution in [0, 0.1) is 46.3 Å². The van der Waals surface area contributed by atoms with E-state index in [4.69, 9.17) is 5.73 Å². The van der Waals surface area contributed by atoms with Gasteiger partial charge in [0.25, 0.3) is 0 Å². The number of hydrogen-bond acceptors (Lipinski definition) is 6. The SMILES string of the molecule is CC(C)[C@@H](O)CCC1CCC2C3C(CC[C@]12C)[C@@]1(C)CC[C@H](NCCCNCCCCNCCCN)C[C@@H]1C[C@H]3O. The van der Waals surface area contributed by atoms with Crippen molar-refractivity contribution in [3.8, 4) is 0 Å². The molecule has 7 N–H and O–H groups in total. The van der Waals surface area contributed by atoms with E-state index < -0.39 is 0 Å². The van der Waals surface area contributed by atoms with E-state index in [1.54, 1.807) is 0 Å². The normalized spacial score (nSPS) is 39.4. The summed E-state index contributed by atoms with van der Waals surface area (Å²) in [5.74, 6) is 3.58. The second kappa shape index (κ2) is 15.7. The van der Waals surface area contributed by atoms with Crippen molar-refractivity contribution in [2.45, 2.75) is 136 Å². The lowest BCUT2D eigenvalue weighted by molar-refractivity contribution is -0.165. The van der Waals surface area contributed by atoms with Crippen LogP contribution in [0.5, 0.6) is 0 Å². The van der Waals surface area contributed by atoms with Crippen LogP contribution in [-0.4, -0.2) is 67.7 Å². The average Bonchev–Trinajstić information content (AvgIpc) is 3.28. The fraction of sp³-hybridized carbons (Fsp3) is 1.00. The van der Waals surface area contributed by atoms with E-state index in [0.717, 1.165) is 70.9 Å². The van der Waals surface area contributed by atoms with Crippen molar-refractivity contribution in [3.05, 3.63) is 0 Å². The Labute approximate surface area is 253 Å². The van der Waals surface area contributed by atoms with Crippen molar-refractivity contribution in [3.63, 3.8) is 0 Å². The predicted molar refractivity (Wildman–Crippen MR) is 172 cm³/mol. The Morgan fingerprint density at radius 1 is 0.805 bits per heavy atom. The molecular weight excluding hydrogens is 508 g/mol. The number of rotatable bonds is 17. The van der Waals surface area contributed by atoms with Gasteiger partial charge in [0.05, 0.1) is 12.2 Å². The first-order valence-electron chi connectivity index (χ1n) is 17.9. The van der Waals surface area contributed by atoms with Gasteiger partial charge in [-0.15, -0.1) is 0 Å². The van der Waals surface area contributed by atoms with Gasteiger partial charge in [-0.1, -0.05) is 27.7 Å². The molecular formula is C35H68N4O2. The Kier molecular flexibility index (Phi) is 12.9. The number of unbranched alkanes of at least 4 members (excludes halogenated alkanes) is 1. The van der Waals surface area contributed by atoms with Crippen molar-refractivity contribution in [1.82, 2.24) is 16.0 Å². The second-order valence-electron chi connectivity index (χ2n) is 15.6. The molecule has 4 unspecified atom stereocenters. The van der Waals surface area contributed by atoms with E-state index in [-0.39, 0.29) is 12.2 Å². The first-order chi connectivity index (χ1) is 19.7. The Morgan fingerprint density at radius 2 is 1.46 bits per heavy atom. The lowest BCUT2D eigenvalue weighted by Gasteiger charge is -2.62. The minimum Gasteiger partial charge on any atom is -0.393 e. The van der Waals surface area contributed by atoms with Gasteiger partial charge in [0.2, 0.25) is 0 Å². The molecule has 4 saturated carbocycles. The van der Waals surface area contributed by atoms with Crippen molar-refractivity contribution < 1.29 is 10.2 Å². The number of nitrogens with one attached hydrogen (secondary N) is 3. The number of hydrogen-bond donors (Lipinski definition) is 6. The van der Waals surface area contributed by atoms with E-state index >= 15 is 0 Å². The standard InChI is InChI=1S/C35H68N4O2/c1-25(2)31(40)12-10-26-9-11-29-33-30(14-16-34(26,29)3)35(4)15-13-28(23-27(35)24-32(33)41)39-22-8-21-38-19-6-5-18-37-20-7-17-36/h25-33,37-41H,5-24,36H2,1-4H3/t26?,27-,28+,29?,30?,31+,32-,33?,34-,35+/m1/s1. The maximum absolute atomic E-state index is 11.7. The summed E-state index contributed by atoms with van der Waals surface area (Å²) in [7, 11) is 0. The highest BCUT2D eigenvalue weighted by molar-refractivity contribution is 5.11. The summed E-state index contributed by atoms with van der Waals surface area (Å²) in [6.45, 7) is 15.7. The monoisotopic (exact) mass is 577 g/mol. The van der Waals surface area contributed by atoms with Crippen molar-refractivity contribution in [2.75, 3.05) is 39.3 Å². The molecule has 0 heterocycles. The summed E-state index contributed by atoms with van der Waals surface area (Å²) in [4.78, 5) is 0. The molecule has 0 saturated heterocycles. The first kappa shape index (κ1) is 33.6. The van der Waals surface area contributed by atoms with Crippen molar-refractivity contribution in [1.29, 1.82) is 0 Å². The molecule has 10 atom stereocenters. The first-order valence-corrected chi connectivity index (χ1v) is 17.9. The highest BCUT2D eigenvalue weighted by Crippen LogP contribution is 2.67. The fourth-order valence-corrected chi connectivity index (χ4v) is 10.2. The largest absolute Gasteiger partial charge is 0.393 e. The Bertz CT molecular complexity index is 766. The molecule has 6 heteroatoms. The highest BCUT2D eigenvalue weighted by atomic mass is 16.3. The number of aliphatic hydroxyl groups is 2. The summed E-state index contributed by atoms with van der Waals surface area (Å²) in [5, 5.41) is 33.2. The molecule has 4 fully saturated rings. The quantitative estimate of drug-likeness (QED) is 0.135. The van der Waals surface area contributed by atoms with E-state index in [1.807, 2.05) is 0 Å². The Balaban J connectivity index is 1.18. The molecule has 4 rings (SSSR count). The molecule has 6 nitrogen and oxygen atoms in total. The molecule has 0 bridgehead atoms. The number of fused-ring (bicyclic) bond motifs is 5. The van der Waals surface area contributed by atoms with Gasteiger partial charge in [-0.3, -0.25) is 0 Å². The molecule has 0 aromatic heterocycles. The second-order valence-corrected chi connectivity index (χ2v) is 15.6. The summed E-state index contributed by atoms with van der Waals surface area (Å²) >= 11 is 0. The van der Waals surface area contributed by atoms with Gasteiger partial charge in [0.1, 0.15) is 0 Å². The summed E-state index contributed by atoms with van der Waals surface area (Å²) in [6.07, 6.45) is 16.7. The van der Waals surface area contributed by atoms with Gasteiger partial charge in [-0.25, -0.2) is 0 Å². The van der Waals surface area contributed by atoms with Crippen LogP contribution in [0.15, 0.2) is 0 Å². The molecule has 0 aromatic carbocycles. The van der Waals surface area contributed by atoms with Crippen LogP contribution < -0.4 is 21.7 Å². The predicted octanol–water partition coefficient (Wildman–Crippen LogP) is 5.07. The van der Waals surface area contributed by atoms with Crippen LogP contribution >= 0.6 is 0 Å². The number of aliphatic hydroxyl groups excluding tert-OH is 2. The molecule has 0 radical (unpaired) electrons. The molecule has 0 aromatic rings. The third kappa shape index (κ3) is 8.08. The van der Waals surface area contributed by atoms with Crippen LogP contribution in [-0.2, 0) is 0 Å². The van der Waals surface area contributed by atoms with Crippen LogP contribution in [0.1, 0.15) is 118 Å². The fourth-order valence-electron chi connectivity index (χ4n) is 10.2. The summed E-state index contributed by atoms with van der Waals surface area (Å²) in [5.41, 5.74) is 6.29. The zero-order valence-corrected chi connectivity index (χ0v) is 27.3. The highest BCUT2D eigenvalue weighted by Gasteiger charge is 2.62. The van der Waals surface area contributed by atoms with Crippen LogP contribution in [0.3, 0.4) is 0 Å². The zero-order valence-electron chi connectivity index (χ0n) is 27.3. The molecule has 4 aliphatic carbocycles. The molecule has 0 amide bonds. The molecule has 0 spiro atoms. The van der Waals surface area contributed by atoms with E-state index in [9.17, 15) is 10.2 Å². The Morgan fingerprint density at radius 3 is 2.17 bits per heavy atom. The van der Waals surface area contributed by atoms with Crippen LogP contribution in [0.4, 0.5) is 0 Å². The van der Waals surface area contributed by atoms with Gasteiger partial charge in [0, 0.05) is 6.04 Å². The summed E-state index contributed by atoms with van der Waals surface area (Å²) < 4.78 is 0. The maximum Gasteiger partial charge on any atom is 0.0577 e. The molecule has 4 aliphatic rings. The third-order valence-electron chi connectivity index (χ3n) is 12.9. The average molecular weight is 577 g/mol. The summed E-state index contributed by atoms with van der Waals surface area (Å²) in [6, 6.07) is 0.619. The molecule has 0 aliphatic heterocycles. The van der Waals surface area contributed by atoms with E-state index in [1.165, 1.54) is 64.2 Å². The van der Waals surface area contributed by atoms with Gasteiger partial charge in [0.15, 0.2) is 0 Å². The van der Waals surface area contributed by atoms with Crippen LogP contribution in [0.25, 0.3) is 0 Å². The van der Waals surface area contributed by atoms with Gasteiger partial charge < -0.3 is 31.9 Å². The molecule has 240 valence electrons. The van der Waals surface area contributed by atoms with Gasteiger partial charge in [-0.05, 0) is 175 Å². The topological polar surface area (TPSA) is 103 Å². The Hall–Kier alpha value is -0.240. The maximum atomic E-state index is 11.7.